The number of para-hydroxylation sites is 1. The van der Waals surface area contributed by atoms with Crippen LogP contribution in [0.3, 0.4) is 0 Å². The molecule has 1 aromatic rings. The van der Waals surface area contributed by atoms with Crippen LogP contribution in [0.15, 0.2) is 30.9 Å². The molecule has 0 heterocycles. The minimum Gasteiger partial charge on any atom is -0.483 e. The van der Waals surface area contributed by atoms with Crippen molar-refractivity contribution in [1.29, 1.82) is 0 Å². The zero-order chi connectivity index (χ0) is 13.8. The summed E-state index contributed by atoms with van der Waals surface area (Å²) in [7, 11) is 0. The first-order valence-corrected chi connectivity index (χ1v) is 6.15. The third kappa shape index (κ3) is 4.49. The highest BCUT2D eigenvalue weighted by Crippen LogP contribution is 2.24. The van der Waals surface area contributed by atoms with E-state index in [1.54, 1.807) is 12.1 Å². The molecule has 0 aromatic heterocycles. The first-order chi connectivity index (χ1) is 8.33. The first kappa shape index (κ1) is 14.7. The number of rotatable bonds is 5. The van der Waals surface area contributed by atoms with Crippen LogP contribution < -0.4 is 10.1 Å². The lowest BCUT2D eigenvalue weighted by molar-refractivity contribution is 0.252. The predicted octanol–water partition coefficient (Wildman–Crippen LogP) is 3.67. The average molecular weight is 251 g/mol. The smallest absolute Gasteiger partial charge is 0.165 e. The van der Waals surface area contributed by atoms with Crippen LogP contribution in [-0.4, -0.2) is 11.6 Å². The number of hydrogen-bond acceptors (Lipinski definition) is 2. The predicted molar refractivity (Wildman–Crippen MR) is 73.3 cm³/mol. The molecule has 0 saturated heterocycles. The van der Waals surface area contributed by atoms with Crippen LogP contribution in [0.5, 0.6) is 5.75 Å². The van der Waals surface area contributed by atoms with Gasteiger partial charge in [0.25, 0.3) is 0 Å². The van der Waals surface area contributed by atoms with E-state index in [1.807, 2.05) is 13.0 Å². The van der Waals surface area contributed by atoms with Crippen molar-refractivity contribution in [3.63, 3.8) is 0 Å². The third-order valence-electron chi connectivity index (χ3n) is 2.49. The molecule has 0 saturated carbocycles. The van der Waals surface area contributed by atoms with Gasteiger partial charge < -0.3 is 10.1 Å². The van der Waals surface area contributed by atoms with Crippen molar-refractivity contribution in [2.45, 2.75) is 45.9 Å². The summed E-state index contributed by atoms with van der Waals surface area (Å²) < 4.78 is 19.3. The molecule has 1 atom stereocenters. The van der Waals surface area contributed by atoms with Gasteiger partial charge in [0.1, 0.15) is 6.10 Å². The van der Waals surface area contributed by atoms with Crippen molar-refractivity contribution < 1.29 is 9.13 Å². The monoisotopic (exact) mass is 251 g/mol. The highest BCUT2D eigenvalue weighted by molar-refractivity contribution is 5.35. The van der Waals surface area contributed by atoms with E-state index >= 15 is 0 Å². The van der Waals surface area contributed by atoms with E-state index in [-0.39, 0.29) is 17.5 Å². The van der Waals surface area contributed by atoms with Gasteiger partial charge in [-0.1, -0.05) is 24.8 Å². The number of hydrogen-bond donors (Lipinski definition) is 1. The molecule has 0 aliphatic rings. The summed E-state index contributed by atoms with van der Waals surface area (Å²) in [4.78, 5) is 0. The van der Waals surface area contributed by atoms with E-state index in [1.165, 1.54) is 6.07 Å². The van der Waals surface area contributed by atoms with Crippen molar-refractivity contribution in [2.24, 2.45) is 0 Å². The highest BCUT2D eigenvalue weighted by atomic mass is 19.1. The number of ether oxygens (including phenoxy) is 1. The van der Waals surface area contributed by atoms with Crippen molar-refractivity contribution in [3.05, 3.63) is 42.2 Å². The molecule has 0 spiro atoms. The maximum atomic E-state index is 13.8. The van der Waals surface area contributed by atoms with Crippen LogP contribution in [0.4, 0.5) is 4.39 Å². The molecule has 0 bridgehead atoms. The maximum absolute atomic E-state index is 13.8. The lowest BCUT2D eigenvalue weighted by Gasteiger charge is -2.22. The van der Waals surface area contributed by atoms with Crippen LogP contribution in [0, 0.1) is 5.82 Å². The highest BCUT2D eigenvalue weighted by Gasteiger charge is 2.14. The molecule has 0 amide bonds. The van der Waals surface area contributed by atoms with Gasteiger partial charge in [0, 0.05) is 17.6 Å². The second-order valence-corrected chi connectivity index (χ2v) is 5.39. The van der Waals surface area contributed by atoms with Gasteiger partial charge >= 0.3 is 0 Å². The Morgan fingerprint density at radius 3 is 2.67 bits per heavy atom. The first-order valence-electron chi connectivity index (χ1n) is 6.15. The van der Waals surface area contributed by atoms with Crippen LogP contribution in [0.25, 0.3) is 0 Å². The summed E-state index contributed by atoms with van der Waals surface area (Å²) in [6.45, 7) is 12.2. The van der Waals surface area contributed by atoms with Gasteiger partial charge in [-0.05, 0) is 33.8 Å². The van der Waals surface area contributed by atoms with Gasteiger partial charge in [-0.15, -0.1) is 0 Å². The van der Waals surface area contributed by atoms with Gasteiger partial charge in [-0.25, -0.2) is 4.39 Å². The van der Waals surface area contributed by atoms with E-state index in [0.29, 0.717) is 12.3 Å². The Bertz CT molecular complexity index is 409. The van der Waals surface area contributed by atoms with Gasteiger partial charge in [-0.3, -0.25) is 0 Å². The fourth-order valence-corrected chi connectivity index (χ4v) is 1.42. The summed E-state index contributed by atoms with van der Waals surface area (Å²) in [5.74, 6) is -0.0291. The van der Waals surface area contributed by atoms with Crippen molar-refractivity contribution in [2.75, 3.05) is 0 Å². The van der Waals surface area contributed by atoms with E-state index in [9.17, 15) is 4.39 Å². The van der Waals surface area contributed by atoms with Crippen molar-refractivity contribution >= 4 is 0 Å². The number of halogens is 1. The van der Waals surface area contributed by atoms with Gasteiger partial charge in [-0.2, -0.15) is 0 Å². The molecule has 0 aliphatic heterocycles. The number of benzene rings is 1. The zero-order valence-corrected chi connectivity index (χ0v) is 11.6. The molecule has 100 valence electrons. The van der Waals surface area contributed by atoms with Crippen molar-refractivity contribution in [3.8, 4) is 5.75 Å². The molecule has 0 aliphatic carbocycles. The van der Waals surface area contributed by atoms with Gasteiger partial charge in [0.15, 0.2) is 11.6 Å². The zero-order valence-electron chi connectivity index (χ0n) is 11.6. The van der Waals surface area contributed by atoms with Crippen LogP contribution >= 0.6 is 0 Å². The summed E-state index contributed by atoms with van der Waals surface area (Å²) in [5, 5.41) is 3.32. The Kier molecular flexibility index (Phi) is 4.91. The Balaban J connectivity index is 2.89. The minimum absolute atomic E-state index is 0.0202. The third-order valence-corrected chi connectivity index (χ3v) is 2.49. The van der Waals surface area contributed by atoms with Crippen LogP contribution in [0.1, 0.15) is 33.3 Å². The van der Waals surface area contributed by atoms with E-state index in [0.717, 1.165) is 5.56 Å². The summed E-state index contributed by atoms with van der Waals surface area (Å²) in [6.07, 6.45) is 1.43. The van der Waals surface area contributed by atoms with E-state index in [4.69, 9.17) is 4.74 Å². The standard InChI is InChI=1S/C15H22FNO/c1-6-11(2)18-14-12(8-7-9-13(14)16)10-17-15(3,4)5/h6-9,11,17H,1,10H2,2-5H3. The summed E-state index contributed by atoms with van der Waals surface area (Å²) in [5.41, 5.74) is 0.798. The van der Waals surface area contributed by atoms with Gasteiger partial charge in [0.05, 0.1) is 0 Å². The average Bonchev–Trinajstić information content (AvgIpc) is 2.28. The molecular weight excluding hydrogens is 229 g/mol. The molecule has 1 aromatic carbocycles. The second kappa shape index (κ2) is 6.01. The molecule has 18 heavy (non-hydrogen) atoms. The lowest BCUT2D eigenvalue weighted by Crippen LogP contribution is -2.35. The SMILES string of the molecule is C=CC(C)Oc1c(F)cccc1CNC(C)(C)C. The molecular formula is C15H22FNO. The molecule has 1 N–H and O–H groups in total. The maximum Gasteiger partial charge on any atom is 0.165 e. The summed E-state index contributed by atoms with van der Waals surface area (Å²) >= 11 is 0. The molecule has 1 unspecified atom stereocenters. The fourth-order valence-electron chi connectivity index (χ4n) is 1.42. The minimum atomic E-state index is -0.336. The molecule has 0 fully saturated rings. The van der Waals surface area contributed by atoms with E-state index < -0.39 is 0 Å². The summed E-state index contributed by atoms with van der Waals surface area (Å²) in [6, 6.07) is 4.97. The second-order valence-electron chi connectivity index (χ2n) is 5.39. The Hall–Kier alpha value is -1.35. The fraction of sp³-hybridized carbons (Fsp3) is 0.467. The lowest BCUT2D eigenvalue weighted by atomic mass is 10.1. The quantitative estimate of drug-likeness (QED) is 0.806. The molecule has 3 heteroatoms. The number of nitrogens with one attached hydrogen (secondary N) is 1. The normalized spacial score (nSPS) is 13.2. The van der Waals surface area contributed by atoms with Crippen LogP contribution in [-0.2, 0) is 6.54 Å². The van der Waals surface area contributed by atoms with E-state index in [2.05, 4.69) is 32.7 Å². The molecule has 1 rings (SSSR count). The van der Waals surface area contributed by atoms with Crippen LogP contribution in [0.2, 0.25) is 0 Å². The molecule has 0 radical (unpaired) electrons. The Morgan fingerprint density at radius 2 is 2.11 bits per heavy atom. The Morgan fingerprint density at radius 1 is 1.44 bits per heavy atom. The van der Waals surface area contributed by atoms with Crippen molar-refractivity contribution in [1.82, 2.24) is 5.32 Å². The van der Waals surface area contributed by atoms with Gasteiger partial charge in [0.2, 0.25) is 0 Å². The topological polar surface area (TPSA) is 21.3 Å². The largest absolute Gasteiger partial charge is 0.483 e. The molecule has 2 nitrogen and oxygen atoms in total. The Labute approximate surface area is 109 Å².